The van der Waals surface area contributed by atoms with Crippen molar-refractivity contribution in [2.24, 2.45) is 11.8 Å². The smallest absolute Gasteiger partial charge is 0.317 e. The number of benzene rings is 1. The van der Waals surface area contributed by atoms with E-state index in [0.717, 1.165) is 13.5 Å². The van der Waals surface area contributed by atoms with Gasteiger partial charge in [-0.1, -0.05) is 32.9 Å². The number of halogens is 2. The zero-order valence-corrected chi connectivity index (χ0v) is 13.9. The molecular formula is C17H24F2O4. The Morgan fingerprint density at radius 3 is 2.22 bits per heavy atom. The van der Waals surface area contributed by atoms with Crippen LogP contribution in [0.25, 0.3) is 0 Å². The zero-order chi connectivity index (χ0) is 17.6. The van der Waals surface area contributed by atoms with Crippen LogP contribution in [0.15, 0.2) is 24.3 Å². The van der Waals surface area contributed by atoms with Crippen molar-refractivity contribution in [2.75, 3.05) is 13.7 Å². The van der Waals surface area contributed by atoms with Gasteiger partial charge in [0.25, 0.3) is 6.43 Å². The highest BCUT2D eigenvalue weighted by molar-refractivity contribution is 5.74. The number of methoxy groups -OCH3 is 1. The molecule has 1 aromatic rings. The van der Waals surface area contributed by atoms with Crippen LogP contribution < -0.4 is 4.74 Å². The molecule has 4 nitrogen and oxygen atoms in total. The molecule has 0 aliphatic rings. The Balaban J connectivity index is 3.24. The molecule has 6 heteroatoms. The molecule has 0 saturated carbocycles. The van der Waals surface area contributed by atoms with Gasteiger partial charge >= 0.3 is 5.97 Å². The normalized spacial score (nSPS) is 15.3. The third-order valence-corrected chi connectivity index (χ3v) is 3.85. The molecule has 2 atom stereocenters. The van der Waals surface area contributed by atoms with Gasteiger partial charge in [0, 0.05) is 0 Å². The van der Waals surface area contributed by atoms with E-state index in [1.807, 2.05) is 6.92 Å². The van der Waals surface area contributed by atoms with Crippen molar-refractivity contribution < 1.29 is 28.2 Å². The standard InChI is InChI=1S/C17H24F2O4/c1-5-10-23-13-8-6-12(7-9-13)17(21,11(2)3)14(15(18)19)16(20)22-4/h6-9,11,14-15,21H,5,10H2,1-4H3. The number of rotatable bonds is 8. The fourth-order valence-corrected chi connectivity index (χ4v) is 2.51. The molecule has 1 rings (SSSR count). The maximum absolute atomic E-state index is 13.4. The van der Waals surface area contributed by atoms with Gasteiger partial charge in [0.05, 0.1) is 13.7 Å². The second-order valence-electron chi connectivity index (χ2n) is 5.69. The Bertz CT molecular complexity index is 502. The SMILES string of the molecule is CCCOc1ccc(C(O)(C(C)C)C(C(=O)OC)C(F)F)cc1. The van der Waals surface area contributed by atoms with Crippen LogP contribution in [0, 0.1) is 11.8 Å². The van der Waals surface area contributed by atoms with Crippen LogP contribution in [0.5, 0.6) is 5.75 Å². The predicted molar refractivity (Wildman–Crippen MR) is 82.5 cm³/mol. The minimum atomic E-state index is -3.05. The summed E-state index contributed by atoms with van der Waals surface area (Å²) in [5, 5.41) is 10.9. The highest BCUT2D eigenvalue weighted by atomic mass is 19.3. The molecule has 0 spiro atoms. The summed E-state index contributed by atoms with van der Waals surface area (Å²) in [6, 6.07) is 6.20. The summed E-state index contributed by atoms with van der Waals surface area (Å²) in [6.07, 6.45) is -2.21. The van der Waals surface area contributed by atoms with Gasteiger partial charge in [-0.05, 0) is 30.0 Å². The second kappa shape index (κ2) is 8.24. The summed E-state index contributed by atoms with van der Waals surface area (Å²) >= 11 is 0. The van der Waals surface area contributed by atoms with Crippen molar-refractivity contribution >= 4 is 5.97 Å². The lowest BCUT2D eigenvalue weighted by Gasteiger charge is -2.38. The monoisotopic (exact) mass is 330 g/mol. The van der Waals surface area contributed by atoms with Crippen LogP contribution in [-0.4, -0.2) is 31.2 Å². The summed E-state index contributed by atoms with van der Waals surface area (Å²) in [5.41, 5.74) is -1.81. The lowest BCUT2D eigenvalue weighted by molar-refractivity contribution is -0.176. The van der Waals surface area contributed by atoms with E-state index >= 15 is 0 Å². The van der Waals surface area contributed by atoms with E-state index in [0.29, 0.717) is 12.4 Å². The highest BCUT2D eigenvalue weighted by Crippen LogP contribution is 2.41. The molecular weight excluding hydrogens is 306 g/mol. The Labute approximate surface area is 135 Å². The summed E-state index contributed by atoms with van der Waals surface area (Å²) in [6.45, 7) is 5.67. The molecule has 0 bridgehead atoms. The maximum Gasteiger partial charge on any atom is 0.317 e. The fraction of sp³-hybridized carbons (Fsp3) is 0.588. The summed E-state index contributed by atoms with van der Waals surface area (Å²) < 4.78 is 36.8. The first-order chi connectivity index (χ1) is 10.8. The van der Waals surface area contributed by atoms with Crippen molar-refractivity contribution in [3.63, 3.8) is 0 Å². The van der Waals surface area contributed by atoms with Crippen LogP contribution >= 0.6 is 0 Å². The van der Waals surface area contributed by atoms with Crippen LogP contribution in [0.3, 0.4) is 0 Å². The van der Waals surface area contributed by atoms with E-state index in [-0.39, 0.29) is 5.56 Å². The number of hydrogen-bond acceptors (Lipinski definition) is 4. The first-order valence-corrected chi connectivity index (χ1v) is 7.60. The molecule has 0 fully saturated rings. The molecule has 0 saturated heterocycles. The largest absolute Gasteiger partial charge is 0.494 e. The van der Waals surface area contributed by atoms with Crippen molar-refractivity contribution in [2.45, 2.75) is 39.2 Å². The van der Waals surface area contributed by atoms with Crippen LogP contribution in [-0.2, 0) is 15.1 Å². The van der Waals surface area contributed by atoms with E-state index in [4.69, 9.17) is 4.74 Å². The van der Waals surface area contributed by atoms with Gasteiger partial charge in [-0.2, -0.15) is 0 Å². The lowest BCUT2D eigenvalue weighted by Crippen LogP contribution is -2.48. The number of aliphatic hydroxyl groups is 1. The van der Waals surface area contributed by atoms with Gasteiger partial charge in [-0.25, -0.2) is 8.78 Å². The first-order valence-electron chi connectivity index (χ1n) is 7.60. The number of carbonyl (C=O) groups is 1. The molecule has 0 amide bonds. The molecule has 0 aliphatic heterocycles. The number of ether oxygens (including phenoxy) is 2. The van der Waals surface area contributed by atoms with Crippen LogP contribution in [0.4, 0.5) is 8.78 Å². The number of carbonyl (C=O) groups excluding carboxylic acids is 1. The first kappa shape index (κ1) is 19.4. The molecule has 23 heavy (non-hydrogen) atoms. The number of alkyl halides is 2. The lowest BCUT2D eigenvalue weighted by atomic mass is 9.73. The third-order valence-electron chi connectivity index (χ3n) is 3.85. The topological polar surface area (TPSA) is 55.8 Å². The van der Waals surface area contributed by atoms with Gasteiger partial charge in [0.1, 0.15) is 11.4 Å². The summed E-state index contributed by atoms with van der Waals surface area (Å²) in [4.78, 5) is 11.8. The molecule has 130 valence electrons. The second-order valence-corrected chi connectivity index (χ2v) is 5.69. The van der Waals surface area contributed by atoms with E-state index in [1.54, 1.807) is 26.0 Å². The number of hydrogen-bond donors (Lipinski definition) is 1. The van der Waals surface area contributed by atoms with Crippen LogP contribution in [0.2, 0.25) is 0 Å². The molecule has 1 aromatic carbocycles. The average molecular weight is 330 g/mol. The molecule has 1 N–H and O–H groups in total. The zero-order valence-electron chi connectivity index (χ0n) is 13.9. The van der Waals surface area contributed by atoms with E-state index < -0.39 is 29.8 Å². The van der Waals surface area contributed by atoms with Gasteiger partial charge in [0.2, 0.25) is 0 Å². The van der Waals surface area contributed by atoms with Crippen molar-refractivity contribution in [1.82, 2.24) is 0 Å². The molecule has 0 aliphatic carbocycles. The molecule has 2 unspecified atom stereocenters. The summed E-state index contributed by atoms with van der Waals surface area (Å²) in [7, 11) is 1.03. The van der Waals surface area contributed by atoms with Gasteiger partial charge in [-0.3, -0.25) is 4.79 Å². The average Bonchev–Trinajstić information content (AvgIpc) is 2.52. The van der Waals surface area contributed by atoms with Crippen molar-refractivity contribution in [3.8, 4) is 5.75 Å². The molecule has 0 aromatic heterocycles. The Morgan fingerprint density at radius 2 is 1.83 bits per heavy atom. The minimum absolute atomic E-state index is 0.229. The predicted octanol–water partition coefficient (Wildman–Crippen LogP) is 3.37. The van der Waals surface area contributed by atoms with Crippen LogP contribution in [0.1, 0.15) is 32.8 Å². The minimum Gasteiger partial charge on any atom is -0.494 e. The van der Waals surface area contributed by atoms with Crippen molar-refractivity contribution in [1.29, 1.82) is 0 Å². The molecule has 0 radical (unpaired) electrons. The number of esters is 1. The fourth-order valence-electron chi connectivity index (χ4n) is 2.51. The molecule has 0 heterocycles. The van der Waals surface area contributed by atoms with Gasteiger partial charge < -0.3 is 14.6 Å². The van der Waals surface area contributed by atoms with Crippen molar-refractivity contribution in [3.05, 3.63) is 29.8 Å². The Hall–Kier alpha value is -1.69. The third kappa shape index (κ3) is 4.19. The maximum atomic E-state index is 13.4. The van der Waals surface area contributed by atoms with E-state index in [1.165, 1.54) is 12.1 Å². The quantitative estimate of drug-likeness (QED) is 0.743. The van der Waals surface area contributed by atoms with E-state index in [2.05, 4.69) is 4.74 Å². The van der Waals surface area contributed by atoms with Gasteiger partial charge in [0.15, 0.2) is 5.92 Å². The van der Waals surface area contributed by atoms with E-state index in [9.17, 15) is 18.7 Å². The highest BCUT2D eigenvalue weighted by Gasteiger charge is 2.51. The van der Waals surface area contributed by atoms with Gasteiger partial charge in [-0.15, -0.1) is 0 Å². The Morgan fingerprint density at radius 1 is 1.26 bits per heavy atom. The Kier molecular flexibility index (Phi) is 6.94. The summed E-state index contributed by atoms with van der Waals surface area (Å²) in [5.74, 6) is -3.14.